The summed E-state index contributed by atoms with van der Waals surface area (Å²) in [7, 11) is 1.89. The molecule has 0 fully saturated rings. The van der Waals surface area contributed by atoms with Crippen LogP contribution in [0, 0.1) is 12.7 Å². The van der Waals surface area contributed by atoms with E-state index in [1.165, 1.54) is 17.2 Å². The molecule has 106 valence electrons. The monoisotopic (exact) mass is 272 g/mol. The van der Waals surface area contributed by atoms with Gasteiger partial charge in [0.05, 0.1) is 5.69 Å². The lowest BCUT2D eigenvalue weighted by atomic mass is 10.1. The summed E-state index contributed by atoms with van der Waals surface area (Å²) < 4.78 is 13.8. The van der Waals surface area contributed by atoms with Crippen molar-refractivity contribution in [3.63, 3.8) is 0 Å². The van der Waals surface area contributed by atoms with Gasteiger partial charge in [-0.25, -0.2) is 4.39 Å². The first-order chi connectivity index (χ1) is 9.63. The third-order valence-electron chi connectivity index (χ3n) is 3.49. The van der Waals surface area contributed by atoms with Crippen LogP contribution in [0.3, 0.4) is 0 Å². The summed E-state index contributed by atoms with van der Waals surface area (Å²) in [5, 5.41) is 3.32. The standard InChI is InChI=1S/C17H21FN2/c1-4-19-12-14-9-10-15(11-13(14)2)20(3)17-8-6-5-7-16(17)18/h5-11,19H,4,12H2,1-3H3. The maximum Gasteiger partial charge on any atom is 0.146 e. The van der Waals surface area contributed by atoms with E-state index in [9.17, 15) is 4.39 Å². The van der Waals surface area contributed by atoms with Crippen LogP contribution in [-0.2, 0) is 6.54 Å². The normalized spacial score (nSPS) is 10.6. The highest BCUT2D eigenvalue weighted by Gasteiger charge is 2.09. The minimum Gasteiger partial charge on any atom is -0.342 e. The number of para-hydroxylation sites is 1. The predicted octanol–water partition coefficient (Wildman–Crippen LogP) is 4.01. The summed E-state index contributed by atoms with van der Waals surface area (Å²) in [5.74, 6) is -0.204. The van der Waals surface area contributed by atoms with E-state index in [2.05, 4.69) is 31.3 Å². The van der Waals surface area contributed by atoms with Gasteiger partial charge in [-0.1, -0.05) is 25.1 Å². The van der Waals surface area contributed by atoms with E-state index in [0.29, 0.717) is 5.69 Å². The van der Waals surface area contributed by atoms with Crippen molar-refractivity contribution in [2.45, 2.75) is 20.4 Å². The highest BCUT2D eigenvalue weighted by atomic mass is 19.1. The number of anilines is 2. The Morgan fingerprint density at radius 3 is 2.55 bits per heavy atom. The molecule has 0 saturated heterocycles. The minimum absolute atomic E-state index is 0.204. The maximum absolute atomic E-state index is 13.8. The smallest absolute Gasteiger partial charge is 0.146 e. The van der Waals surface area contributed by atoms with Gasteiger partial charge in [-0.15, -0.1) is 0 Å². The molecule has 0 aliphatic carbocycles. The maximum atomic E-state index is 13.8. The molecule has 2 rings (SSSR count). The highest BCUT2D eigenvalue weighted by Crippen LogP contribution is 2.27. The number of hydrogen-bond acceptors (Lipinski definition) is 2. The van der Waals surface area contributed by atoms with Crippen LogP contribution in [0.1, 0.15) is 18.1 Å². The average Bonchev–Trinajstić information content (AvgIpc) is 2.46. The fraction of sp³-hybridized carbons (Fsp3) is 0.294. The van der Waals surface area contributed by atoms with E-state index in [1.807, 2.05) is 24.1 Å². The van der Waals surface area contributed by atoms with Crippen LogP contribution in [-0.4, -0.2) is 13.6 Å². The number of rotatable bonds is 5. The molecule has 0 heterocycles. The Morgan fingerprint density at radius 2 is 1.90 bits per heavy atom. The molecule has 0 atom stereocenters. The first-order valence-corrected chi connectivity index (χ1v) is 6.92. The molecule has 2 aromatic carbocycles. The van der Waals surface area contributed by atoms with Crippen LogP contribution < -0.4 is 10.2 Å². The summed E-state index contributed by atoms with van der Waals surface area (Å²) >= 11 is 0. The Morgan fingerprint density at radius 1 is 1.15 bits per heavy atom. The predicted molar refractivity (Wildman–Crippen MR) is 83.0 cm³/mol. The Kier molecular flexibility index (Phi) is 4.74. The largest absolute Gasteiger partial charge is 0.342 e. The third-order valence-corrected chi connectivity index (χ3v) is 3.49. The highest BCUT2D eigenvalue weighted by molar-refractivity contribution is 5.64. The molecule has 0 amide bonds. The minimum atomic E-state index is -0.204. The van der Waals surface area contributed by atoms with Gasteiger partial charge in [0.2, 0.25) is 0 Å². The van der Waals surface area contributed by atoms with E-state index in [-0.39, 0.29) is 5.82 Å². The van der Waals surface area contributed by atoms with Crippen molar-refractivity contribution in [1.29, 1.82) is 0 Å². The zero-order valence-corrected chi connectivity index (χ0v) is 12.3. The third kappa shape index (κ3) is 3.17. The molecule has 0 bridgehead atoms. The van der Waals surface area contributed by atoms with Crippen molar-refractivity contribution < 1.29 is 4.39 Å². The van der Waals surface area contributed by atoms with E-state index >= 15 is 0 Å². The summed E-state index contributed by atoms with van der Waals surface area (Å²) in [6, 6.07) is 13.1. The zero-order valence-electron chi connectivity index (χ0n) is 12.3. The van der Waals surface area contributed by atoms with Crippen molar-refractivity contribution in [2.75, 3.05) is 18.5 Å². The molecule has 3 heteroatoms. The number of nitrogens with zero attached hydrogens (tertiary/aromatic N) is 1. The summed E-state index contributed by atoms with van der Waals surface area (Å²) in [6.45, 7) is 6.00. The lowest BCUT2D eigenvalue weighted by molar-refractivity contribution is 0.627. The van der Waals surface area contributed by atoms with Gasteiger partial charge in [0.25, 0.3) is 0 Å². The Labute approximate surface area is 120 Å². The fourth-order valence-corrected chi connectivity index (χ4v) is 2.21. The quantitative estimate of drug-likeness (QED) is 0.884. The van der Waals surface area contributed by atoms with Gasteiger partial charge < -0.3 is 10.2 Å². The lowest BCUT2D eigenvalue weighted by Crippen LogP contribution is -2.14. The number of nitrogens with one attached hydrogen (secondary N) is 1. The number of benzene rings is 2. The Bertz CT molecular complexity index is 581. The van der Waals surface area contributed by atoms with Crippen LogP contribution in [0.4, 0.5) is 15.8 Å². The first kappa shape index (κ1) is 14.5. The molecule has 2 nitrogen and oxygen atoms in total. The van der Waals surface area contributed by atoms with E-state index in [1.54, 1.807) is 12.1 Å². The van der Waals surface area contributed by atoms with Crippen LogP contribution in [0.2, 0.25) is 0 Å². The van der Waals surface area contributed by atoms with Crippen molar-refractivity contribution in [3.05, 3.63) is 59.4 Å². The topological polar surface area (TPSA) is 15.3 Å². The van der Waals surface area contributed by atoms with Gasteiger partial charge in [0.15, 0.2) is 0 Å². The molecule has 0 aliphatic rings. The SMILES string of the molecule is CCNCc1ccc(N(C)c2ccccc2F)cc1C. The molecule has 0 radical (unpaired) electrons. The van der Waals surface area contributed by atoms with Crippen molar-refractivity contribution in [2.24, 2.45) is 0 Å². The molecule has 0 aromatic heterocycles. The molecule has 2 aromatic rings. The Balaban J connectivity index is 2.25. The van der Waals surface area contributed by atoms with E-state index in [4.69, 9.17) is 0 Å². The van der Waals surface area contributed by atoms with Crippen LogP contribution in [0.5, 0.6) is 0 Å². The second-order valence-electron chi connectivity index (χ2n) is 4.90. The molecule has 0 aliphatic heterocycles. The molecular weight excluding hydrogens is 251 g/mol. The van der Waals surface area contributed by atoms with Crippen molar-refractivity contribution in [3.8, 4) is 0 Å². The van der Waals surface area contributed by atoms with E-state index < -0.39 is 0 Å². The van der Waals surface area contributed by atoms with Gasteiger partial charge in [-0.05, 0) is 48.9 Å². The second kappa shape index (κ2) is 6.53. The van der Waals surface area contributed by atoms with Gasteiger partial charge >= 0.3 is 0 Å². The van der Waals surface area contributed by atoms with Gasteiger partial charge in [0, 0.05) is 19.3 Å². The number of aryl methyl sites for hydroxylation is 1. The van der Waals surface area contributed by atoms with Crippen LogP contribution in [0.15, 0.2) is 42.5 Å². The fourth-order valence-electron chi connectivity index (χ4n) is 2.21. The summed E-state index contributed by atoms with van der Waals surface area (Å²) in [5.41, 5.74) is 4.07. The lowest BCUT2D eigenvalue weighted by Gasteiger charge is -2.21. The molecule has 1 N–H and O–H groups in total. The van der Waals surface area contributed by atoms with Gasteiger partial charge in [-0.2, -0.15) is 0 Å². The van der Waals surface area contributed by atoms with Crippen molar-refractivity contribution >= 4 is 11.4 Å². The molecule has 0 spiro atoms. The van der Waals surface area contributed by atoms with Crippen LogP contribution in [0.25, 0.3) is 0 Å². The summed E-state index contributed by atoms with van der Waals surface area (Å²) in [4.78, 5) is 1.87. The molecule has 0 unspecified atom stereocenters. The second-order valence-corrected chi connectivity index (χ2v) is 4.90. The molecule has 20 heavy (non-hydrogen) atoms. The molecule has 0 saturated carbocycles. The number of halogens is 1. The first-order valence-electron chi connectivity index (χ1n) is 6.92. The van der Waals surface area contributed by atoms with Crippen LogP contribution >= 0.6 is 0 Å². The summed E-state index contributed by atoms with van der Waals surface area (Å²) in [6.07, 6.45) is 0. The Hall–Kier alpha value is -1.87. The van der Waals surface area contributed by atoms with Crippen molar-refractivity contribution in [1.82, 2.24) is 5.32 Å². The molecular formula is C17H21FN2. The number of hydrogen-bond donors (Lipinski definition) is 1. The van der Waals surface area contributed by atoms with Gasteiger partial charge in [0.1, 0.15) is 5.82 Å². The zero-order chi connectivity index (χ0) is 14.5. The average molecular weight is 272 g/mol. The van der Waals surface area contributed by atoms with Gasteiger partial charge in [-0.3, -0.25) is 0 Å². The van der Waals surface area contributed by atoms with E-state index in [0.717, 1.165) is 18.8 Å².